The van der Waals surface area contributed by atoms with Gasteiger partial charge in [0, 0.05) is 32.2 Å². The molecule has 2 aliphatic heterocycles. The number of nitrogens with zero attached hydrogens (tertiary/aromatic N) is 2. The van der Waals surface area contributed by atoms with Gasteiger partial charge in [-0.25, -0.2) is 0 Å². The molecule has 106 valence electrons. The molecule has 0 saturated carbocycles. The van der Waals surface area contributed by atoms with Crippen LogP contribution < -0.4 is 5.32 Å². The van der Waals surface area contributed by atoms with E-state index in [4.69, 9.17) is 5.11 Å². The Morgan fingerprint density at radius 2 is 2.00 bits per heavy atom. The van der Waals surface area contributed by atoms with Gasteiger partial charge in [-0.15, -0.1) is 0 Å². The van der Waals surface area contributed by atoms with Gasteiger partial charge in [0.05, 0.1) is 6.61 Å². The third-order valence-corrected chi connectivity index (χ3v) is 5.66. The van der Waals surface area contributed by atoms with Crippen LogP contribution in [0.15, 0.2) is 0 Å². The SMILES string of the molecule is O=S(=O)(N1CCCC1)N(CCO)CC1CCCN1. The zero-order chi connectivity index (χ0) is 13.0. The van der Waals surface area contributed by atoms with Crippen molar-refractivity contribution in [1.29, 1.82) is 0 Å². The van der Waals surface area contributed by atoms with Gasteiger partial charge in [0.2, 0.25) is 0 Å². The third-order valence-electron chi connectivity index (χ3n) is 3.65. The lowest BCUT2D eigenvalue weighted by atomic mass is 10.2. The van der Waals surface area contributed by atoms with Gasteiger partial charge in [-0.1, -0.05) is 0 Å². The summed E-state index contributed by atoms with van der Waals surface area (Å²) in [5, 5.41) is 12.4. The van der Waals surface area contributed by atoms with E-state index in [2.05, 4.69) is 5.32 Å². The van der Waals surface area contributed by atoms with Crippen molar-refractivity contribution in [3.8, 4) is 0 Å². The van der Waals surface area contributed by atoms with Crippen molar-refractivity contribution < 1.29 is 13.5 Å². The zero-order valence-electron chi connectivity index (χ0n) is 10.7. The van der Waals surface area contributed by atoms with Crippen LogP contribution >= 0.6 is 0 Å². The van der Waals surface area contributed by atoms with Crippen LogP contribution in [0.5, 0.6) is 0 Å². The fourth-order valence-electron chi connectivity index (χ4n) is 2.65. The Bertz CT molecular complexity index is 349. The topological polar surface area (TPSA) is 72.9 Å². The normalized spacial score (nSPS) is 26.2. The Balaban J connectivity index is 2.02. The smallest absolute Gasteiger partial charge is 0.282 e. The van der Waals surface area contributed by atoms with Crippen molar-refractivity contribution in [2.24, 2.45) is 0 Å². The van der Waals surface area contributed by atoms with Gasteiger partial charge >= 0.3 is 0 Å². The second kappa shape index (κ2) is 6.29. The molecular formula is C11H23N3O3S. The Morgan fingerprint density at radius 3 is 2.56 bits per heavy atom. The number of hydrogen-bond donors (Lipinski definition) is 2. The Hall–Kier alpha value is -0.210. The highest BCUT2D eigenvalue weighted by Gasteiger charge is 2.33. The average Bonchev–Trinajstić information content (AvgIpc) is 3.01. The average molecular weight is 277 g/mol. The second-order valence-electron chi connectivity index (χ2n) is 4.99. The maximum Gasteiger partial charge on any atom is 0.282 e. The van der Waals surface area contributed by atoms with Crippen molar-refractivity contribution >= 4 is 10.2 Å². The van der Waals surface area contributed by atoms with Crippen molar-refractivity contribution in [2.75, 3.05) is 39.3 Å². The lowest BCUT2D eigenvalue weighted by molar-refractivity contribution is 0.238. The third kappa shape index (κ3) is 3.21. The monoisotopic (exact) mass is 277 g/mol. The molecule has 2 fully saturated rings. The molecule has 2 N–H and O–H groups in total. The molecule has 0 aromatic heterocycles. The van der Waals surface area contributed by atoms with E-state index in [1.54, 1.807) is 0 Å². The van der Waals surface area contributed by atoms with Crippen LogP contribution in [0.3, 0.4) is 0 Å². The highest BCUT2D eigenvalue weighted by atomic mass is 32.2. The molecule has 1 atom stereocenters. The molecule has 0 aliphatic carbocycles. The number of aliphatic hydroxyl groups is 1. The first-order chi connectivity index (χ1) is 8.64. The summed E-state index contributed by atoms with van der Waals surface area (Å²) in [6.07, 6.45) is 3.99. The summed E-state index contributed by atoms with van der Waals surface area (Å²) in [6.45, 7) is 2.72. The van der Waals surface area contributed by atoms with Crippen LogP contribution in [0.4, 0.5) is 0 Å². The summed E-state index contributed by atoms with van der Waals surface area (Å²) >= 11 is 0. The first-order valence-electron chi connectivity index (χ1n) is 6.74. The molecule has 0 radical (unpaired) electrons. The molecule has 6 nitrogen and oxygen atoms in total. The maximum atomic E-state index is 12.4. The highest BCUT2D eigenvalue weighted by molar-refractivity contribution is 7.86. The summed E-state index contributed by atoms with van der Waals surface area (Å²) in [5.41, 5.74) is 0. The van der Waals surface area contributed by atoms with Crippen LogP contribution in [0, 0.1) is 0 Å². The van der Waals surface area contributed by atoms with Crippen LogP contribution in [0.1, 0.15) is 25.7 Å². The fraction of sp³-hybridized carbons (Fsp3) is 1.00. The predicted octanol–water partition coefficient (Wildman–Crippen LogP) is -0.627. The standard InChI is InChI=1S/C11H23N3O3S/c15-9-8-14(10-11-4-3-5-12-11)18(16,17)13-6-1-2-7-13/h11-12,15H,1-10H2. The molecule has 0 bridgehead atoms. The van der Waals surface area contributed by atoms with Crippen molar-refractivity contribution in [1.82, 2.24) is 13.9 Å². The number of hydrogen-bond acceptors (Lipinski definition) is 4. The largest absolute Gasteiger partial charge is 0.395 e. The zero-order valence-corrected chi connectivity index (χ0v) is 11.5. The molecule has 2 aliphatic rings. The van der Waals surface area contributed by atoms with Gasteiger partial charge in [-0.2, -0.15) is 17.0 Å². The molecule has 1 unspecified atom stereocenters. The summed E-state index contributed by atoms with van der Waals surface area (Å²) in [4.78, 5) is 0. The van der Waals surface area contributed by atoms with E-state index in [1.807, 2.05) is 0 Å². The first-order valence-corrected chi connectivity index (χ1v) is 8.14. The van der Waals surface area contributed by atoms with Crippen molar-refractivity contribution in [3.63, 3.8) is 0 Å². The number of aliphatic hydroxyl groups excluding tert-OH is 1. The second-order valence-corrected chi connectivity index (χ2v) is 6.92. The van der Waals surface area contributed by atoms with E-state index in [1.165, 1.54) is 8.61 Å². The van der Waals surface area contributed by atoms with E-state index in [9.17, 15) is 8.42 Å². The molecule has 7 heteroatoms. The van der Waals surface area contributed by atoms with Gasteiger partial charge < -0.3 is 10.4 Å². The summed E-state index contributed by atoms with van der Waals surface area (Å²) in [5.74, 6) is 0. The van der Waals surface area contributed by atoms with E-state index in [0.29, 0.717) is 19.6 Å². The Kier molecular flexibility index (Phi) is 4.97. The fourth-order valence-corrected chi connectivity index (χ4v) is 4.38. The predicted molar refractivity (Wildman–Crippen MR) is 69.4 cm³/mol. The van der Waals surface area contributed by atoms with Crippen molar-refractivity contribution in [3.05, 3.63) is 0 Å². The Morgan fingerprint density at radius 1 is 1.28 bits per heavy atom. The molecule has 2 rings (SSSR count). The van der Waals surface area contributed by atoms with E-state index in [-0.39, 0.29) is 19.2 Å². The van der Waals surface area contributed by atoms with Crippen LogP contribution in [0.2, 0.25) is 0 Å². The van der Waals surface area contributed by atoms with Crippen LogP contribution in [0.25, 0.3) is 0 Å². The Labute approximate surface area is 109 Å². The van der Waals surface area contributed by atoms with Crippen molar-refractivity contribution in [2.45, 2.75) is 31.7 Å². The van der Waals surface area contributed by atoms with E-state index >= 15 is 0 Å². The highest BCUT2D eigenvalue weighted by Crippen LogP contribution is 2.18. The van der Waals surface area contributed by atoms with E-state index in [0.717, 1.165) is 32.2 Å². The minimum absolute atomic E-state index is 0.125. The van der Waals surface area contributed by atoms with Crippen LogP contribution in [-0.2, 0) is 10.2 Å². The maximum absolute atomic E-state index is 12.4. The molecule has 0 amide bonds. The molecule has 0 aromatic rings. The van der Waals surface area contributed by atoms with Gasteiger partial charge in [0.15, 0.2) is 0 Å². The molecule has 2 saturated heterocycles. The number of rotatable bonds is 6. The van der Waals surface area contributed by atoms with Gasteiger partial charge in [0.1, 0.15) is 0 Å². The molecule has 0 aromatic carbocycles. The minimum Gasteiger partial charge on any atom is -0.395 e. The number of nitrogens with one attached hydrogen (secondary N) is 1. The summed E-state index contributed by atoms with van der Waals surface area (Å²) in [7, 11) is -3.38. The summed E-state index contributed by atoms with van der Waals surface area (Å²) in [6, 6.07) is 0.230. The van der Waals surface area contributed by atoms with Gasteiger partial charge in [-0.3, -0.25) is 0 Å². The lowest BCUT2D eigenvalue weighted by Crippen LogP contribution is -2.48. The molecule has 0 spiro atoms. The van der Waals surface area contributed by atoms with Crippen LogP contribution in [-0.4, -0.2) is 67.5 Å². The lowest BCUT2D eigenvalue weighted by Gasteiger charge is -2.28. The van der Waals surface area contributed by atoms with E-state index < -0.39 is 10.2 Å². The first kappa shape index (κ1) is 14.2. The molecule has 18 heavy (non-hydrogen) atoms. The molecular weight excluding hydrogens is 254 g/mol. The summed E-state index contributed by atoms with van der Waals surface area (Å²) < 4.78 is 27.8. The minimum atomic E-state index is -3.38. The van der Waals surface area contributed by atoms with Gasteiger partial charge in [0.25, 0.3) is 10.2 Å². The molecule has 2 heterocycles. The van der Waals surface area contributed by atoms with Gasteiger partial charge in [-0.05, 0) is 32.2 Å². The quantitative estimate of drug-likeness (QED) is 0.678.